The van der Waals surface area contributed by atoms with E-state index in [4.69, 9.17) is 9.84 Å². The van der Waals surface area contributed by atoms with Crippen LogP contribution in [0.5, 0.6) is 5.75 Å². The zero-order valence-corrected chi connectivity index (χ0v) is 13.5. The highest BCUT2D eigenvalue weighted by Gasteiger charge is 2.31. The minimum atomic E-state index is -0.368. The summed E-state index contributed by atoms with van der Waals surface area (Å²) in [5, 5.41) is 12.5. The van der Waals surface area contributed by atoms with Crippen molar-refractivity contribution in [1.82, 2.24) is 5.32 Å². The summed E-state index contributed by atoms with van der Waals surface area (Å²) >= 11 is 0. The van der Waals surface area contributed by atoms with Crippen LogP contribution in [0, 0.1) is 5.82 Å². The second kappa shape index (κ2) is 6.30. The van der Waals surface area contributed by atoms with E-state index in [1.807, 2.05) is 0 Å². The Morgan fingerprint density at radius 1 is 1.17 bits per heavy atom. The summed E-state index contributed by atoms with van der Waals surface area (Å²) in [6.45, 7) is 5.21. The fourth-order valence-electron chi connectivity index (χ4n) is 3.02. The summed E-state index contributed by atoms with van der Waals surface area (Å²) in [6, 6.07) is 11.1. The Kier molecular flexibility index (Phi) is 4.37. The van der Waals surface area contributed by atoms with Crippen molar-refractivity contribution >= 4 is 0 Å². The number of para-hydroxylation sites is 1. The van der Waals surface area contributed by atoms with Crippen LogP contribution in [0.15, 0.2) is 36.4 Å². The Morgan fingerprint density at radius 3 is 2.78 bits per heavy atom. The number of ether oxygens (including phenoxy) is 1. The molecule has 0 aromatic heterocycles. The summed E-state index contributed by atoms with van der Waals surface area (Å²) in [7, 11) is 0. The molecule has 1 aliphatic heterocycles. The van der Waals surface area contributed by atoms with Gasteiger partial charge in [0.15, 0.2) is 0 Å². The molecule has 1 heterocycles. The molecule has 0 saturated heterocycles. The van der Waals surface area contributed by atoms with Crippen LogP contribution in [-0.2, 0) is 26.1 Å². The van der Waals surface area contributed by atoms with Crippen molar-refractivity contribution in [3.8, 4) is 5.75 Å². The summed E-state index contributed by atoms with van der Waals surface area (Å²) in [4.78, 5) is 0. The van der Waals surface area contributed by atoms with Gasteiger partial charge in [-0.2, -0.15) is 0 Å². The minimum absolute atomic E-state index is 0.147. The topological polar surface area (TPSA) is 41.5 Å². The standard InChI is InChI=1S/C19H22FNO2/c1-19(2)9-14-4-3-5-15(18(14)23-19)11-21-10-13-6-7-17(20)16(8-13)12-22/h3-8,21-22H,9-12H2,1-2H3. The third kappa shape index (κ3) is 3.54. The molecule has 0 saturated carbocycles. The van der Waals surface area contributed by atoms with Gasteiger partial charge in [0.2, 0.25) is 0 Å². The first-order chi connectivity index (χ1) is 11.0. The summed E-state index contributed by atoms with van der Waals surface area (Å²) in [5.41, 5.74) is 3.52. The van der Waals surface area contributed by atoms with Crippen molar-refractivity contribution in [2.24, 2.45) is 0 Å². The van der Waals surface area contributed by atoms with Crippen molar-refractivity contribution < 1.29 is 14.2 Å². The van der Waals surface area contributed by atoms with Crippen LogP contribution in [0.3, 0.4) is 0 Å². The molecule has 1 aliphatic rings. The van der Waals surface area contributed by atoms with E-state index in [1.165, 1.54) is 11.6 Å². The zero-order valence-electron chi connectivity index (χ0n) is 13.5. The smallest absolute Gasteiger partial charge is 0.128 e. The van der Waals surface area contributed by atoms with Gasteiger partial charge in [-0.1, -0.05) is 24.3 Å². The van der Waals surface area contributed by atoms with Gasteiger partial charge in [-0.25, -0.2) is 4.39 Å². The van der Waals surface area contributed by atoms with Crippen LogP contribution in [0.1, 0.15) is 36.1 Å². The quantitative estimate of drug-likeness (QED) is 0.889. The van der Waals surface area contributed by atoms with Crippen molar-refractivity contribution in [1.29, 1.82) is 0 Å². The second-order valence-electron chi connectivity index (χ2n) is 6.63. The first-order valence-corrected chi connectivity index (χ1v) is 7.87. The largest absolute Gasteiger partial charge is 0.487 e. The molecule has 2 N–H and O–H groups in total. The fourth-order valence-corrected chi connectivity index (χ4v) is 3.02. The molecule has 3 rings (SSSR count). The third-order valence-corrected chi connectivity index (χ3v) is 4.10. The van der Waals surface area contributed by atoms with Crippen molar-refractivity contribution in [3.63, 3.8) is 0 Å². The van der Waals surface area contributed by atoms with E-state index in [1.54, 1.807) is 12.1 Å². The van der Waals surface area contributed by atoms with E-state index < -0.39 is 0 Å². The SMILES string of the molecule is CC1(C)Cc2cccc(CNCc3ccc(F)c(CO)c3)c2O1. The number of halogens is 1. The predicted molar refractivity (Wildman–Crippen MR) is 87.7 cm³/mol. The van der Waals surface area contributed by atoms with E-state index in [2.05, 4.69) is 37.4 Å². The first-order valence-electron chi connectivity index (χ1n) is 7.87. The van der Waals surface area contributed by atoms with Crippen molar-refractivity contribution in [3.05, 3.63) is 64.5 Å². The normalized spacial score (nSPS) is 15.3. The van der Waals surface area contributed by atoms with Gasteiger partial charge < -0.3 is 15.2 Å². The molecule has 2 aromatic rings. The highest BCUT2D eigenvalue weighted by Crippen LogP contribution is 2.37. The fraction of sp³-hybridized carbons (Fsp3) is 0.368. The van der Waals surface area contributed by atoms with Gasteiger partial charge in [0, 0.05) is 30.6 Å². The van der Waals surface area contributed by atoms with E-state index in [0.29, 0.717) is 18.7 Å². The van der Waals surface area contributed by atoms with Crippen LogP contribution in [0.2, 0.25) is 0 Å². The minimum Gasteiger partial charge on any atom is -0.487 e. The molecule has 23 heavy (non-hydrogen) atoms. The van der Waals surface area contributed by atoms with Gasteiger partial charge in [-0.15, -0.1) is 0 Å². The number of rotatable bonds is 5. The van der Waals surface area contributed by atoms with Crippen molar-refractivity contribution in [2.45, 2.75) is 45.6 Å². The van der Waals surface area contributed by atoms with Gasteiger partial charge in [0.1, 0.15) is 17.2 Å². The Labute approximate surface area is 136 Å². The number of hydrogen-bond donors (Lipinski definition) is 2. The highest BCUT2D eigenvalue weighted by molar-refractivity contribution is 5.45. The van der Waals surface area contributed by atoms with Crippen LogP contribution in [0.25, 0.3) is 0 Å². The number of aliphatic hydroxyl groups is 1. The molecule has 3 nitrogen and oxygen atoms in total. The lowest BCUT2D eigenvalue weighted by Gasteiger charge is -2.18. The Morgan fingerprint density at radius 2 is 2.00 bits per heavy atom. The second-order valence-corrected chi connectivity index (χ2v) is 6.63. The van der Waals surface area contributed by atoms with Crippen LogP contribution >= 0.6 is 0 Å². The average Bonchev–Trinajstić information content (AvgIpc) is 2.83. The maximum atomic E-state index is 13.4. The number of hydrogen-bond acceptors (Lipinski definition) is 3. The van der Waals surface area contributed by atoms with E-state index >= 15 is 0 Å². The summed E-state index contributed by atoms with van der Waals surface area (Å²) in [5.74, 6) is 0.618. The number of benzene rings is 2. The third-order valence-electron chi connectivity index (χ3n) is 4.10. The molecule has 0 amide bonds. The Balaban J connectivity index is 1.65. The maximum Gasteiger partial charge on any atom is 0.128 e. The molecule has 0 spiro atoms. The highest BCUT2D eigenvalue weighted by atomic mass is 19.1. The molecule has 0 atom stereocenters. The van der Waals surface area contributed by atoms with E-state index in [0.717, 1.165) is 23.3 Å². The molecule has 0 aliphatic carbocycles. The maximum absolute atomic E-state index is 13.4. The predicted octanol–water partition coefficient (Wildman–Crippen LogP) is 3.32. The zero-order chi connectivity index (χ0) is 16.4. The lowest BCUT2D eigenvalue weighted by molar-refractivity contribution is 0.137. The Bertz CT molecular complexity index is 713. The molecule has 0 bridgehead atoms. The monoisotopic (exact) mass is 315 g/mol. The van der Waals surface area contributed by atoms with Gasteiger partial charge in [-0.3, -0.25) is 0 Å². The van der Waals surface area contributed by atoms with Gasteiger partial charge in [-0.05, 0) is 37.1 Å². The van der Waals surface area contributed by atoms with Gasteiger partial charge in [0.05, 0.1) is 6.61 Å². The number of fused-ring (bicyclic) bond motifs is 1. The lowest BCUT2D eigenvalue weighted by atomic mass is 10.0. The van der Waals surface area contributed by atoms with Gasteiger partial charge in [0.25, 0.3) is 0 Å². The molecule has 2 aromatic carbocycles. The molecule has 0 radical (unpaired) electrons. The molecule has 122 valence electrons. The van der Waals surface area contributed by atoms with Gasteiger partial charge >= 0.3 is 0 Å². The average molecular weight is 315 g/mol. The molecular weight excluding hydrogens is 293 g/mol. The first kappa shape index (κ1) is 16.0. The molecular formula is C19H22FNO2. The lowest BCUT2D eigenvalue weighted by Crippen LogP contribution is -2.25. The van der Waals surface area contributed by atoms with E-state index in [-0.39, 0.29) is 18.0 Å². The summed E-state index contributed by atoms with van der Waals surface area (Å²) < 4.78 is 19.4. The number of aliphatic hydroxyl groups excluding tert-OH is 1. The summed E-state index contributed by atoms with van der Waals surface area (Å²) in [6.07, 6.45) is 0.925. The molecule has 0 fully saturated rings. The molecule has 0 unspecified atom stereocenters. The van der Waals surface area contributed by atoms with Crippen LogP contribution < -0.4 is 10.1 Å². The van der Waals surface area contributed by atoms with E-state index in [9.17, 15) is 4.39 Å². The van der Waals surface area contributed by atoms with Crippen LogP contribution in [0.4, 0.5) is 4.39 Å². The molecule has 4 heteroatoms. The number of nitrogens with one attached hydrogen (secondary N) is 1. The van der Waals surface area contributed by atoms with Crippen molar-refractivity contribution in [2.75, 3.05) is 0 Å². The Hall–Kier alpha value is -1.91. The van der Waals surface area contributed by atoms with Crippen LogP contribution in [-0.4, -0.2) is 10.7 Å².